The lowest BCUT2D eigenvalue weighted by Gasteiger charge is -2.51. The zero-order valence-corrected chi connectivity index (χ0v) is 15.1. The number of benzene rings is 1. The van der Waals surface area contributed by atoms with Gasteiger partial charge in [0.25, 0.3) is 0 Å². The summed E-state index contributed by atoms with van der Waals surface area (Å²) in [5.41, 5.74) is -0.338. The number of fused-ring (bicyclic) bond motifs is 3. The van der Waals surface area contributed by atoms with Gasteiger partial charge in [0.05, 0.1) is 11.3 Å². The molecule has 2 atom stereocenters. The molecule has 2 aliphatic rings. The molecule has 0 saturated heterocycles. The summed E-state index contributed by atoms with van der Waals surface area (Å²) >= 11 is 0. The molecule has 5 heteroatoms. The molecule has 1 aromatic carbocycles. The van der Waals surface area contributed by atoms with Gasteiger partial charge in [-0.15, -0.1) is 0 Å². The summed E-state index contributed by atoms with van der Waals surface area (Å²) < 4.78 is 5.52. The Morgan fingerprint density at radius 3 is 2.52 bits per heavy atom. The highest BCUT2D eigenvalue weighted by atomic mass is 16.5. The average Bonchev–Trinajstić information content (AvgIpc) is 2.54. The van der Waals surface area contributed by atoms with E-state index in [0.717, 1.165) is 19.1 Å². The summed E-state index contributed by atoms with van der Waals surface area (Å²) in [5.74, 6) is -1.39. The van der Waals surface area contributed by atoms with Crippen molar-refractivity contribution in [1.82, 2.24) is 0 Å². The van der Waals surface area contributed by atoms with Gasteiger partial charge in [-0.2, -0.15) is 0 Å². The monoisotopic (exact) mass is 344 g/mol. The molecule has 1 aromatic rings. The first kappa shape index (κ1) is 17.6. The Balaban J connectivity index is 2.39. The Kier molecular flexibility index (Phi) is 4.01. The molecule has 1 heterocycles. The second-order valence-corrected chi connectivity index (χ2v) is 8.23. The molecule has 3 rings (SSSR count). The van der Waals surface area contributed by atoms with Gasteiger partial charge >= 0.3 is 5.97 Å². The highest BCUT2D eigenvalue weighted by molar-refractivity contribution is 5.95. The second kappa shape index (κ2) is 5.68. The van der Waals surface area contributed by atoms with E-state index in [1.807, 2.05) is 27.7 Å². The minimum absolute atomic E-state index is 0.0145. The van der Waals surface area contributed by atoms with Crippen molar-refractivity contribution in [1.29, 1.82) is 0 Å². The number of phenols is 1. The van der Waals surface area contributed by atoms with Gasteiger partial charge in [0.2, 0.25) is 0 Å². The van der Waals surface area contributed by atoms with E-state index in [-0.39, 0.29) is 17.4 Å². The molecule has 0 radical (unpaired) electrons. The Labute approximate surface area is 147 Å². The molecule has 5 nitrogen and oxygen atoms in total. The maximum atomic E-state index is 12.8. The number of phenolic OH excluding ortho intramolecular Hbond substituents is 1. The molecule has 25 heavy (non-hydrogen) atoms. The molecular formula is C20H24O5. The topological polar surface area (TPSA) is 80.7 Å². The predicted octanol–water partition coefficient (Wildman–Crippen LogP) is 3.51. The average molecular weight is 344 g/mol. The summed E-state index contributed by atoms with van der Waals surface area (Å²) in [6, 6.07) is 1.62. The van der Waals surface area contributed by atoms with Gasteiger partial charge in [0.1, 0.15) is 6.29 Å². The van der Waals surface area contributed by atoms with Crippen LogP contribution in [0.25, 0.3) is 0 Å². The largest absolute Gasteiger partial charge is 0.504 e. The first-order valence-corrected chi connectivity index (χ1v) is 8.73. The number of aldehydes is 2. The van der Waals surface area contributed by atoms with E-state index in [1.54, 1.807) is 6.07 Å². The summed E-state index contributed by atoms with van der Waals surface area (Å²) in [5, 5.41) is 10.7. The summed E-state index contributed by atoms with van der Waals surface area (Å²) in [6.07, 6.45) is 3.50. The standard InChI is InChI=1S/C20H24O5/c1-11(2)13-8-12(9-21)14-16(15(13)23)25-18(24)17-19(3,4)6-5-7-20(14,17)10-22/h8-11,17,23H,5-7H2,1-4H3/t17-,20+/m1/s1. The fourth-order valence-corrected chi connectivity index (χ4v) is 4.77. The summed E-state index contributed by atoms with van der Waals surface area (Å²) in [7, 11) is 0. The van der Waals surface area contributed by atoms with Crippen LogP contribution in [0.15, 0.2) is 6.07 Å². The van der Waals surface area contributed by atoms with E-state index in [0.29, 0.717) is 29.4 Å². The number of hydrogen-bond acceptors (Lipinski definition) is 5. The van der Waals surface area contributed by atoms with Crippen LogP contribution in [0.4, 0.5) is 0 Å². The van der Waals surface area contributed by atoms with E-state index in [1.165, 1.54) is 0 Å². The summed E-state index contributed by atoms with van der Waals surface area (Å²) in [4.78, 5) is 36.9. The van der Waals surface area contributed by atoms with Crippen molar-refractivity contribution in [3.05, 3.63) is 22.8 Å². The van der Waals surface area contributed by atoms with Crippen LogP contribution < -0.4 is 4.74 Å². The quantitative estimate of drug-likeness (QED) is 0.515. The van der Waals surface area contributed by atoms with Crippen molar-refractivity contribution in [2.24, 2.45) is 11.3 Å². The van der Waals surface area contributed by atoms with Gasteiger partial charge < -0.3 is 14.6 Å². The van der Waals surface area contributed by atoms with Crippen LogP contribution in [-0.4, -0.2) is 23.6 Å². The van der Waals surface area contributed by atoms with Crippen LogP contribution in [-0.2, 0) is 15.0 Å². The molecule has 134 valence electrons. The van der Waals surface area contributed by atoms with Gasteiger partial charge in [0, 0.05) is 16.7 Å². The molecule has 1 aliphatic heterocycles. The highest BCUT2D eigenvalue weighted by Gasteiger charge is 2.59. The fraction of sp³-hybridized carbons (Fsp3) is 0.550. The highest BCUT2D eigenvalue weighted by Crippen LogP contribution is 2.59. The van der Waals surface area contributed by atoms with E-state index in [4.69, 9.17) is 4.74 Å². The van der Waals surface area contributed by atoms with E-state index >= 15 is 0 Å². The van der Waals surface area contributed by atoms with Gasteiger partial charge in [0.15, 0.2) is 17.8 Å². The van der Waals surface area contributed by atoms with Crippen LogP contribution >= 0.6 is 0 Å². The smallest absolute Gasteiger partial charge is 0.316 e. The van der Waals surface area contributed by atoms with E-state index in [2.05, 4.69) is 0 Å². The van der Waals surface area contributed by atoms with E-state index < -0.39 is 22.7 Å². The van der Waals surface area contributed by atoms with E-state index in [9.17, 15) is 19.5 Å². The number of hydrogen-bond donors (Lipinski definition) is 1. The Bertz CT molecular complexity index is 762. The second-order valence-electron chi connectivity index (χ2n) is 8.23. The van der Waals surface area contributed by atoms with Gasteiger partial charge in [-0.1, -0.05) is 34.1 Å². The molecule has 1 N–H and O–H groups in total. The number of aromatic hydroxyl groups is 1. The predicted molar refractivity (Wildman–Crippen MR) is 92.1 cm³/mol. The SMILES string of the molecule is CC(C)c1cc(C=O)c2c(c1O)OC(=O)[C@@H]1C(C)(C)CCC[C@]21C=O. The Hall–Kier alpha value is -2.17. The lowest BCUT2D eigenvalue weighted by molar-refractivity contribution is -0.155. The van der Waals surface area contributed by atoms with Crippen molar-refractivity contribution in [3.63, 3.8) is 0 Å². The lowest BCUT2D eigenvalue weighted by atomic mass is 9.52. The molecule has 0 aromatic heterocycles. The van der Waals surface area contributed by atoms with Gasteiger partial charge in [-0.25, -0.2) is 0 Å². The molecule has 0 unspecified atom stereocenters. The van der Waals surface area contributed by atoms with Crippen molar-refractivity contribution < 1.29 is 24.2 Å². The molecule has 1 aliphatic carbocycles. The van der Waals surface area contributed by atoms with Crippen LogP contribution in [0.1, 0.15) is 74.4 Å². The third kappa shape index (κ3) is 2.32. The number of carbonyl (C=O) groups is 3. The number of esters is 1. The normalized spacial score (nSPS) is 27.2. The minimum Gasteiger partial charge on any atom is -0.504 e. The van der Waals surface area contributed by atoms with Gasteiger partial charge in [-0.3, -0.25) is 9.59 Å². The fourth-order valence-electron chi connectivity index (χ4n) is 4.77. The minimum atomic E-state index is -1.13. The maximum absolute atomic E-state index is 12.8. The maximum Gasteiger partial charge on any atom is 0.316 e. The number of ether oxygens (including phenoxy) is 1. The van der Waals surface area contributed by atoms with Crippen molar-refractivity contribution in [2.75, 3.05) is 0 Å². The lowest BCUT2D eigenvalue weighted by Crippen LogP contribution is -2.56. The molecule has 1 fully saturated rings. The third-order valence-corrected chi connectivity index (χ3v) is 5.89. The number of carbonyl (C=O) groups excluding carboxylic acids is 3. The molecule has 0 amide bonds. The van der Waals surface area contributed by atoms with Crippen LogP contribution in [0.5, 0.6) is 11.5 Å². The number of rotatable bonds is 3. The Morgan fingerprint density at radius 2 is 1.96 bits per heavy atom. The Morgan fingerprint density at radius 1 is 1.28 bits per heavy atom. The zero-order chi connectivity index (χ0) is 18.6. The molecule has 1 saturated carbocycles. The van der Waals surface area contributed by atoms with Crippen molar-refractivity contribution >= 4 is 18.5 Å². The van der Waals surface area contributed by atoms with Gasteiger partial charge in [-0.05, 0) is 30.2 Å². The van der Waals surface area contributed by atoms with Crippen LogP contribution in [0.2, 0.25) is 0 Å². The first-order chi connectivity index (χ1) is 11.7. The molecule has 0 spiro atoms. The summed E-state index contributed by atoms with van der Waals surface area (Å²) in [6.45, 7) is 7.65. The third-order valence-electron chi connectivity index (χ3n) is 5.89. The van der Waals surface area contributed by atoms with Crippen molar-refractivity contribution in [3.8, 4) is 11.5 Å². The van der Waals surface area contributed by atoms with Crippen LogP contribution in [0, 0.1) is 11.3 Å². The van der Waals surface area contributed by atoms with Crippen molar-refractivity contribution in [2.45, 2.75) is 58.3 Å². The molecular weight excluding hydrogens is 320 g/mol. The molecule has 0 bridgehead atoms. The van der Waals surface area contributed by atoms with Crippen LogP contribution in [0.3, 0.4) is 0 Å². The first-order valence-electron chi connectivity index (χ1n) is 8.73. The zero-order valence-electron chi connectivity index (χ0n) is 15.1.